The van der Waals surface area contributed by atoms with Gasteiger partial charge in [0.1, 0.15) is 17.2 Å². The number of nitrogens with zero attached hydrogens (tertiary/aromatic N) is 2. The van der Waals surface area contributed by atoms with Gasteiger partial charge in [-0.25, -0.2) is 4.99 Å². The largest absolute Gasteiger partial charge is 0.480 e. The van der Waals surface area contributed by atoms with Crippen LogP contribution in [0, 0.1) is 11.3 Å². The van der Waals surface area contributed by atoms with Crippen molar-refractivity contribution >= 4 is 39.9 Å². The third kappa shape index (κ3) is 6.21. The second kappa shape index (κ2) is 12.8. The first kappa shape index (κ1) is 30.8. The van der Waals surface area contributed by atoms with Gasteiger partial charge in [-0.05, 0) is 35.6 Å². The highest BCUT2D eigenvalue weighted by Crippen LogP contribution is 2.43. The van der Waals surface area contributed by atoms with Gasteiger partial charge in [0.15, 0.2) is 0 Å². The molecule has 3 aromatic carbocycles. The highest BCUT2D eigenvalue weighted by molar-refractivity contribution is 6.28. The Morgan fingerprint density at radius 2 is 1.67 bits per heavy atom. The van der Waals surface area contributed by atoms with Crippen molar-refractivity contribution < 1.29 is 23.8 Å². The number of ether oxygens (including phenoxy) is 1. The van der Waals surface area contributed by atoms with Gasteiger partial charge >= 0.3 is 5.97 Å². The Kier molecular flexibility index (Phi) is 9.15. The molecule has 0 saturated heterocycles. The number of amides is 1. The average Bonchev–Trinajstić information content (AvgIpc) is 3.53. The van der Waals surface area contributed by atoms with Crippen molar-refractivity contribution in [3.63, 3.8) is 0 Å². The van der Waals surface area contributed by atoms with Crippen LogP contribution in [0.15, 0.2) is 81.7 Å². The predicted octanol–water partition coefficient (Wildman–Crippen LogP) is 7.29. The van der Waals surface area contributed by atoms with Crippen LogP contribution in [-0.4, -0.2) is 29.8 Å². The van der Waals surface area contributed by atoms with E-state index in [0.29, 0.717) is 45.5 Å². The zero-order valence-electron chi connectivity index (χ0n) is 25.2. The summed E-state index contributed by atoms with van der Waals surface area (Å²) in [6.07, 6.45) is 0.632. The minimum absolute atomic E-state index is 0.155. The number of para-hydroxylation sites is 1. The van der Waals surface area contributed by atoms with Gasteiger partial charge in [0, 0.05) is 34.2 Å². The first-order valence-electron chi connectivity index (χ1n) is 14.2. The predicted molar refractivity (Wildman–Crippen MR) is 168 cm³/mol. The monoisotopic (exact) mass is 577 g/mol. The van der Waals surface area contributed by atoms with E-state index in [9.17, 15) is 20.0 Å². The molecule has 1 aliphatic rings. The minimum atomic E-state index is -0.588. The SMILES string of the molecule is CC.COC(=O)CCc1cc(C(C)(C)C)c2oc(O)c(C3=N/C(=C(\C#N)C(=O)Nc4ccccc4)c4ccccc43)c2c1. The van der Waals surface area contributed by atoms with E-state index in [1.54, 1.807) is 36.4 Å². The van der Waals surface area contributed by atoms with Crippen LogP contribution in [0.1, 0.15) is 68.9 Å². The fourth-order valence-electron chi connectivity index (χ4n) is 4.96. The van der Waals surface area contributed by atoms with Crippen LogP contribution in [0.4, 0.5) is 5.69 Å². The maximum Gasteiger partial charge on any atom is 0.305 e. The molecule has 5 rings (SSSR count). The summed E-state index contributed by atoms with van der Waals surface area (Å²) in [6.45, 7) is 10.1. The summed E-state index contributed by atoms with van der Waals surface area (Å²) < 4.78 is 10.8. The molecule has 8 heteroatoms. The Bertz CT molecular complexity index is 1780. The number of aliphatic imine (C=N–C) groups is 1. The van der Waals surface area contributed by atoms with Crippen molar-refractivity contribution in [2.24, 2.45) is 4.99 Å². The van der Waals surface area contributed by atoms with Crippen molar-refractivity contribution in [1.82, 2.24) is 0 Å². The van der Waals surface area contributed by atoms with Gasteiger partial charge in [-0.1, -0.05) is 83.1 Å². The van der Waals surface area contributed by atoms with Gasteiger partial charge in [-0.15, -0.1) is 0 Å². The molecule has 4 aromatic rings. The number of hydrogen-bond donors (Lipinski definition) is 2. The van der Waals surface area contributed by atoms with E-state index in [-0.39, 0.29) is 35.0 Å². The molecule has 0 unspecified atom stereocenters. The smallest absolute Gasteiger partial charge is 0.305 e. The van der Waals surface area contributed by atoms with E-state index in [0.717, 1.165) is 11.1 Å². The van der Waals surface area contributed by atoms with E-state index in [1.165, 1.54) is 7.11 Å². The van der Waals surface area contributed by atoms with Crippen LogP contribution in [0.3, 0.4) is 0 Å². The second-order valence-electron chi connectivity index (χ2n) is 10.8. The summed E-state index contributed by atoms with van der Waals surface area (Å²) in [6, 6.07) is 22.0. The van der Waals surface area contributed by atoms with Gasteiger partial charge in [-0.2, -0.15) is 5.26 Å². The number of carbonyl (C=O) groups is 2. The Morgan fingerprint density at radius 3 is 2.30 bits per heavy atom. The number of aryl methyl sites for hydroxylation is 1. The van der Waals surface area contributed by atoms with Gasteiger partial charge in [0.2, 0.25) is 0 Å². The fourth-order valence-corrected chi connectivity index (χ4v) is 4.96. The lowest BCUT2D eigenvalue weighted by Gasteiger charge is -2.20. The summed E-state index contributed by atoms with van der Waals surface area (Å²) in [5, 5.41) is 24.6. The van der Waals surface area contributed by atoms with Crippen molar-refractivity contribution in [2.45, 2.75) is 52.9 Å². The van der Waals surface area contributed by atoms with Crippen molar-refractivity contribution in [2.75, 3.05) is 12.4 Å². The quantitative estimate of drug-likeness (QED) is 0.141. The number of aromatic hydroxyl groups is 1. The second-order valence-corrected chi connectivity index (χ2v) is 10.8. The standard InChI is InChI=1S/C33H29N3O5.C2H6/c1-33(2,3)25-17-19(14-15-26(37)40-4)16-23-27(32(39)41-30(23)25)29-22-13-9-8-12-21(22)28(36-29)24(18-34)31(38)35-20-10-6-5-7-11-20;1-2/h5-13,16-17,39H,14-15H2,1-4H3,(H,35,38);1-2H3/b28-24+;. The van der Waals surface area contributed by atoms with Gasteiger partial charge in [0.25, 0.3) is 11.9 Å². The number of fused-ring (bicyclic) bond motifs is 2. The van der Waals surface area contributed by atoms with Gasteiger partial charge in [0.05, 0.1) is 24.1 Å². The van der Waals surface area contributed by atoms with Crippen molar-refractivity contribution in [3.8, 4) is 12.0 Å². The van der Waals surface area contributed by atoms with Crippen LogP contribution in [-0.2, 0) is 26.2 Å². The topological polar surface area (TPSA) is 125 Å². The lowest BCUT2D eigenvalue weighted by molar-refractivity contribution is -0.140. The number of hydrogen-bond acceptors (Lipinski definition) is 7. The summed E-state index contributed by atoms with van der Waals surface area (Å²) in [4.78, 5) is 29.9. The third-order valence-electron chi connectivity index (χ3n) is 6.99. The number of anilines is 1. The van der Waals surface area contributed by atoms with Crippen LogP contribution < -0.4 is 5.32 Å². The zero-order valence-corrected chi connectivity index (χ0v) is 25.2. The molecule has 1 aromatic heterocycles. The zero-order chi connectivity index (χ0) is 31.3. The number of benzene rings is 3. The maximum absolute atomic E-state index is 13.2. The average molecular weight is 578 g/mol. The Morgan fingerprint density at radius 1 is 1.02 bits per heavy atom. The summed E-state index contributed by atoms with van der Waals surface area (Å²) in [5.74, 6) is -1.23. The molecule has 0 atom stereocenters. The van der Waals surface area contributed by atoms with Gasteiger partial charge in [-0.3, -0.25) is 9.59 Å². The molecular weight excluding hydrogens is 542 g/mol. The molecule has 1 amide bonds. The normalized spacial score (nSPS) is 13.3. The number of nitriles is 1. The first-order valence-corrected chi connectivity index (χ1v) is 14.2. The lowest BCUT2D eigenvalue weighted by atomic mass is 9.83. The summed E-state index contributed by atoms with van der Waals surface area (Å²) >= 11 is 0. The number of furan rings is 1. The molecule has 0 bridgehead atoms. The molecular formula is C35H35N3O5. The molecule has 0 spiro atoms. The molecule has 0 aliphatic carbocycles. The minimum Gasteiger partial charge on any atom is -0.480 e. The van der Waals surface area contributed by atoms with Crippen molar-refractivity contribution in [3.05, 3.63) is 100 Å². The van der Waals surface area contributed by atoms with Gasteiger partial charge < -0.3 is 19.6 Å². The lowest BCUT2D eigenvalue weighted by Crippen LogP contribution is -2.14. The molecule has 0 fully saturated rings. The Balaban J connectivity index is 0.00000207. The summed E-state index contributed by atoms with van der Waals surface area (Å²) in [5.41, 5.74) is 4.48. The number of carbonyl (C=O) groups excluding carboxylic acids is 2. The van der Waals surface area contributed by atoms with Crippen LogP contribution >= 0.6 is 0 Å². The Hall–Kier alpha value is -5.16. The Labute approximate surface area is 251 Å². The summed E-state index contributed by atoms with van der Waals surface area (Å²) in [7, 11) is 1.36. The molecule has 1 aliphatic heterocycles. The number of rotatable bonds is 6. The van der Waals surface area contributed by atoms with Crippen LogP contribution in [0.25, 0.3) is 16.7 Å². The van der Waals surface area contributed by atoms with E-state index in [1.807, 2.05) is 71.0 Å². The third-order valence-corrected chi connectivity index (χ3v) is 6.99. The number of methoxy groups -OCH3 is 1. The molecule has 0 saturated carbocycles. The van der Waals surface area contributed by atoms with E-state index in [2.05, 4.69) is 5.32 Å². The fraction of sp³-hybridized carbons (Fsp3) is 0.257. The van der Waals surface area contributed by atoms with E-state index >= 15 is 0 Å². The molecule has 2 N–H and O–H groups in total. The number of nitrogens with one attached hydrogen (secondary N) is 1. The molecule has 2 heterocycles. The van der Waals surface area contributed by atoms with Crippen LogP contribution in [0.2, 0.25) is 0 Å². The number of esters is 1. The van der Waals surface area contributed by atoms with Crippen molar-refractivity contribution in [1.29, 1.82) is 5.26 Å². The van der Waals surface area contributed by atoms with E-state index < -0.39 is 5.91 Å². The maximum atomic E-state index is 13.2. The molecule has 0 radical (unpaired) electrons. The highest BCUT2D eigenvalue weighted by atomic mass is 16.5. The molecule has 43 heavy (non-hydrogen) atoms. The van der Waals surface area contributed by atoms with E-state index in [4.69, 9.17) is 14.1 Å². The molecule has 220 valence electrons. The van der Waals surface area contributed by atoms with Crippen LogP contribution in [0.5, 0.6) is 5.95 Å². The highest BCUT2D eigenvalue weighted by Gasteiger charge is 2.32. The first-order chi connectivity index (χ1) is 20.6. The molecule has 8 nitrogen and oxygen atoms in total.